The van der Waals surface area contributed by atoms with Crippen molar-refractivity contribution in [3.05, 3.63) is 40.5 Å². The van der Waals surface area contributed by atoms with Crippen molar-refractivity contribution in [3.8, 4) is 0 Å². The molecule has 96 valence electrons. The van der Waals surface area contributed by atoms with Gasteiger partial charge in [-0.3, -0.25) is 0 Å². The molecule has 1 aromatic carbocycles. The molecule has 0 aliphatic carbocycles. The molecular weight excluding hydrogens is 294 g/mol. The third kappa shape index (κ3) is 3.58. The van der Waals surface area contributed by atoms with Crippen molar-refractivity contribution in [2.75, 3.05) is 26.2 Å². The van der Waals surface area contributed by atoms with Crippen LogP contribution < -0.4 is 10.6 Å². The molecule has 0 spiro atoms. The van der Waals surface area contributed by atoms with E-state index in [1.54, 1.807) is 11.1 Å². The average Bonchev–Trinajstić information content (AvgIpc) is 2.42. The Balaban J connectivity index is 1.87. The first-order valence-corrected chi connectivity index (χ1v) is 6.74. The van der Waals surface area contributed by atoms with E-state index in [9.17, 15) is 4.79 Å². The molecule has 1 saturated heterocycles. The highest BCUT2D eigenvalue weighted by Crippen LogP contribution is 2.16. The molecule has 5 heteroatoms. The molecule has 0 saturated carbocycles. The predicted molar refractivity (Wildman–Crippen MR) is 76.2 cm³/mol. The van der Waals surface area contributed by atoms with Gasteiger partial charge in [0.15, 0.2) is 0 Å². The topological polar surface area (TPSA) is 44.4 Å². The second-order valence-electron chi connectivity index (χ2n) is 4.04. The Morgan fingerprint density at radius 1 is 1.33 bits per heavy atom. The van der Waals surface area contributed by atoms with Gasteiger partial charge < -0.3 is 15.5 Å². The van der Waals surface area contributed by atoms with Gasteiger partial charge in [-0.25, -0.2) is 4.79 Å². The zero-order chi connectivity index (χ0) is 12.8. The van der Waals surface area contributed by atoms with Crippen LogP contribution in [0.15, 0.2) is 34.9 Å². The zero-order valence-corrected chi connectivity index (χ0v) is 11.6. The number of urea groups is 1. The summed E-state index contributed by atoms with van der Waals surface area (Å²) >= 11 is 3.46. The molecule has 1 aromatic rings. The first kappa shape index (κ1) is 13.1. The minimum absolute atomic E-state index is 0.0418. The Kier molecular flexibility index (Phi) is 4.78. The summed E-state index contributed by atoms with van der Waals surface area (Å²) in [5.41, 5.74) is 1.04. The molecule has 0 bridgehead atoms. The molecule has 18 heavy (non-hydrogen) atoms. The van der Waals surface area contributed by atoms with Gasteiger partial charge in [-0.15, -0.1) is 0 Å². The minimum Gasteiger partial charge on any atom is -0.322 e. The highest BCUT2D eigenvalue weighted by Gasteiger charge is 2.14. The van der Waals surface area contributed by atoms with Crippen LogP contribution in [-0.4, -0.2) is 37.1 Å². The van der Waals surface area contributed by atoms with Gasteiger partial charge in [0, 0.05) is 36.9 Å². The largest absolute Gasteiger partial charge is 0.322 e. The summed E-state index contributed by atoms with van der Waals surface area (Å²) in [4.78, 5) is 13.6. The molecule has 0 radical (unpaired) electrons. The van der Waals surface area contributed by atoms with Crippen molar-refractivity contribution in [2.45, 2.75) is 0 Å². The van der Waals surface area contributed by atoms with Crippen LogP contribution in [0.25, 0.3) is 6.08 Å². The fourth-order valence-electron chi connectivity index (χ4n) is 1.77. The van der Waals surface area contributed by atoms with E-state index >= 15 is 0 Å². The maximum absolute atomic E-state index is 11.8. The lowest BCUT2D eigenvalue weighted by Gasteiger charge is -2.26. The summed E-state index contributed by atoms with van der Waals surface area (Å²) in [7, 11) is 0. The lowest BCUT2D eigenvalue weighted by atomic mass is 10.2. The van der Waals surface area contributed by atoms with Gasteiger partial charge in [-0.05, 0) is 17.7 Å². The summed E-state index contributed by atoms with van der Waals surface area (Å²) in [6.07, 6.45) is 3.56. The van der Waals surface area contributed by atoms with E-state index in [0.29, 0.717) is 0 Å². The highest BCUT2D eigenvalue weighted by atomic mass is 79.9. The normalized spacial score (nSPS) is 15.9. The molecule has 0 atom stereocenters. The number of piperazine rings is 1. The van der Waals surface area contributed by atoms with Crippen LogP contribution in [0.3, 0.4) is 0 Å². The molecule has 0 unspecified atom stereocenters. The lowest BCUT2D eigenvalue weighted by Crippen LogP contribution is -2.49. The van der Waals surface area contributed by atoms with Crippen LogP contribution in [0.5, 0.6) is 0 Å². The SMILES string of the molecule is O=C(N/C=C/c1ccccc1Br)N1CCNCC1. The van der Waals surface area contributed by atoms with Crippen molar-refractivity contribution in [3.63, 3.8) is 0 Å². The van der Waals surface area contributed by atoms with Crippen LogP contribution in [-0.2, 0) is 0 Å². The number of benzene rings is 1. The number of carbonyl (C=O) groups is 1. The Hall–Kier alpha value is -1.33. The second-order valence-corrected chi connectivity index (χ2v) is 4.90. The fraction of sp³-hybridized carbons (Fsp3) is 0.308. The molecule has 2 amide bonds. The first-order chi connectivity index (χ1) is 8.77. The summed E-state index contributed by atoms with van der Waals surface area (Å²) in [6, 6.07) is 7.83. The summed E-state index contributed by atoms with van der Waals surface area (Å²) in [5.74, 6) is 0. The second kappa shape index (κ2) is 6.56. The molecule has 1 fully saturated rings. The van der Waals surface area contributed by atoms with E-state index in [-0.39, 0.29) is 6.03 Å². The number of hydrogen-bond donors (Lipinski definition) is 2. The van der Waals surface area contributed by atoms with Crippen LogP contribution in [0.1, 0.15) is 5.56 Å². The summed E-state index contributed by atoms with van der Waals surface area (Å²) in [5, 5.41) is 6.00. The van der Waals surface area contributed by atoms with Gasteiger partial charge in [-0.2, -0.15) is 0 Å². The molecule has 4 nitrogen and oxygen atoms in total. The van der Waals surface area contributed by atoms with Crippen molar-refractivity contribution in [1.29, 1.82) is 0 Å². The van der Waals surface area contributed by atoms with E-state index in [0.717, 1.165) is 36.2 Å². The fourth-order valence-corrected chi connectivity index (χ4v) is 2.19. The van der Waals surface area contributed by atoms with Gasteiger partial charge >= 0.3 is 6.03 Å². The zero-order valence-electron chi connectivity index (χ0n) is 10.0. The monoisotopic (exact) mass is 309 g/mol. The Labute approximate surface area is 115 Å². The number of carbonyl (C=O) groups excluding carboxylic acids is 1. The summed E-state index contributed by atoms with van der Waals surface area (Å²) in [6.45, 7) is 3.24. The first-order valence-electron chi connectivity index (χ1n) is 5.94. The Bertz CT molecular complexity index is 442. The van der Waals surface area contributed by atoms with E-state index in [2.05, 4.69) is 26.6 Å². The Morgan fingerprint density at radius 2 is 2.06 bits per heavy atom. The van der Waals surface area contributed by atoms with Gasteiger partial charge in [0.1, 0.15) is 0 Å². The number of rotatable bonds is 2. The molecule has 2 rings (SSSR count). The maximum Gasteiger partial charge on any atom is 0.321 e. The van der Waals surface area contributed by atoms with E-state index in [4.69, 9.17) is 0 Å². The molecule has 1 heterocycles. The quantitative estimate of drug-likeness (QED) is 0.878. The standard InChI is InChI=1S/C13H16BrN3O/c14-12-4-2-1-3-11(12)5-6-16-13(18)17-9-7-15-8-10-17/h1-6,15H,7-10H2,(H,16,18)/b6-5+. The molecular formula is C13H16BrN3O. The predicted octanol–water partition coefficient (Wildman–Crippen LogP) is 2.03. The summed E-state index contributed by atoms with van der Waals surface area (Å²) < 4.78 is 1.01. The van der Waals surface area contributed by atoms with Crippen molar-refractivity contribution < 1.29 is 4.79 Å². The third-order valence-electron chi connectivity index (χ3n) is 2.78. The number of amides is 2. The van der Waals surface area contributed by atoms with Gasteiger partial charge in [0.05, 0.1) is 0 Å². The third-order valence-corrected chi connectivity index (χ3v) is 3.50. The molecule has 1 aliphatic rings. The van der Waals surface area contributed by atoms with Gasteiger partial charge in [-0.1, -0.05) is 34.1 Å². The van der Waals surface area contributed by atoms with E-state index in [1.165, 1.54) is 0 Å². The minimum atomic E-state index is -0.0418. The van der Waals surface area contributed by atoms with Gasteiger partial charge in [0.25, 0.3) is 0 Å². The van der Waals surface area contributed by atoms with Crippen molar-refractivity contribution in [2.24, 2.45) is 0 Å². The van der Waals surface area contributed by atoms with E-state index < -0.39 is 0 Å². The van der Waals surface area contributed by atoms with Crippen LogP contribution in [0.4, 0.5) is 4.79 Å². The van der Waals surface area contributed by atoms with Crippen molar-refractivity contribution in [1.82, 2.24) is 15.5 Å². The number of nitrogens with one attached hydrogen (secondary N) is 2. The molecule has 2 N–H and O–H groups in total. The number of nitrogens with zero attached hydrogens (tertiary/aromatic N) is 1. The van der Waals surface area contributed by atoms with Crippen LogP contribution >= 0.6 is 15.9 Å². The average molecular weight is 310 g/mol. The Morgan fingerprint density at radius 3 is 2.78 bits per heavy atom. The van der Waals surface area contributed by atoms with Crippen molar-refractivity contribution >= 4 is 28.0 Å². The van der Waals surface area contributed by atoms with Crippen LogP contribution in [0.2, 0.25) is 0 Å². The van der Waals surface area contributed by atoms with Crippen LogP contribution in [0, 0.1) is 0 Å². The molecule has 1 aliphatic heterocycles. The lowest BCUT2D eigenvalue weighted by molar-refractivity contribution is 0.194. The smallest absolute Gasteiger partial charge is 0.321 e. The molecule has 0 aromatic heterocycles. The number of hydrogen-bond acceptors (Lipinski definition) is 2. The number of halogens is 1. The van der Waals surface area contributed by atoms with Gasteiger partial charge in [0.2, 0.25) is 0 Å². The van der Waals surface area contributed by atoms with E-state index in [1.807, 2.05) is 30.3 Å². The maximum atomic E-state index is 11.8. The highest BCUT2D eigenvalue weighted by molar-refractivity contribution is 9.10.